The van der Waals surface area contributed by atoms with Gasteiger partial charge in [-0.25, -0.2) is 0 Å². The fraction of sp³-hybridized carbons (Fsp3) is 0.125. The first-order valence-corrected chi connectivity index (χ1v) is 5.02. The van der Waals surface area contributed by atoms with Crippen LogP contribution in [0.3, 0.4) is 0 Å². The molecule has 0 saturated carbocycles. The number of carboxylic acids is 1. The van der Waals surface area contributed by atoms with Crippen molar-refractivity contribution < 1.29 is 9.90 Å². The van der Waals surface area contributed by atoms with Crippen molar-refractivity contribution in [1.29, 1.82) is 0 Å². The van der Waals surface area contributed by atoms with E-state index in [-0.39, 0.29) is 5.02 Å². The average molecular weight is 284 g/mol. The molecule has 2 nitrogen and oxygen atoms in total. The van der Waals surface area contributed by atoms with Gasteiger partial charge in [0.05, 0.1) is 10.0 Å². The number of aliphatic carboxylic acids is 1. The SMILES string of the molecule is O=C(O)C(Br)c1cccc(Cl)c1Cl. The van der Waals surface area contributed by atoms with Crippen molar-refractivity contribution in [3.05, 3.63) is 33.8 Å². The molecule has 1 aromatic rings. The molecule has 0 radical (unpaired) electrons. The molecule has 0 aliphatic carbocycles. The Bertz CT molecular complexity index is 341. The zero-order valence-corrected chi connectivity index (χ0v) is 9.40. The summed E-state index contributed by atoms with van der Waals surface area (Å²) >= 11 is 14.5. The normalized spacial score (nSPS) is 12.5. The van der Waals surface area contributed by atoms with Crippen molar-refractivity contribution in [2.24, 2.45) is 0 Å². The van der Waals surface area contributed by atoms with Gasteiger partial charge in [0, 0.05) is 0 Å². The lowest BCUT2D eigenvalue weighted by Crippen LogP contribution is -2.04. The molecule has 0 amide bonds. The number of benzene rings is 1. The van der Waals surface area contributed by atoms with Gasteiger partial charge in [-0.15, -0.1) is 0 Å². The van der Waals surface area contributed by atoms with Crippen molar-refractivity contribution in [1.82, 2.24) is 0 Å². The monoisotopic (exact) mass is 282 g/mol. The van der Waals surface area contributed by atoms with E-state index in [0.717, 1.165) is 0 Å². The lowest BCUT2D eigenvalue weighted by atomic mass is 10.1. The van der Waals surface area contributed by atoms with Gasteiger partial charge >= 0.3 is 5.97 Å². The molecule has 0 bridgehead atoms. The molecule has 1 unspecified atom stereocenters. The highest BCUT2D eigenvalue weighted by atomic mass is 79.9. The molecular weight excluding hydrogens is 279 g/mol. The first-order valence-electron chi connectivity index (χ1n) is 3.35. The second kappa shape index (κ2) is 4.31. The second-order valence-corrected chi connectivity index (χ2v) is 4.04. The van der Waals surface area contributed by atoms with E-state index >= 15 is 0 Å². The first-order chi connectivity index (χ1) is 6.04. The molecule has 0 aromatic heterocycles. The summed E-state index contributed by atoms with van der Waals surface area (Å²) in [5.74, 6) is -0.996. The topological polar surface area (TPSA) is 37.3 Å². The maximum atomic E-state index is 10.6. The molecule has 0 aliphatic heterocycles. The van der Waals surface area contributed by atoms with E-state index in [1.54, 1.807) is 18.2 Å². The summed E-state index contributed by atoms with van der Waals surface area (Å²) in [6.07, 6.45) is 0. The number of carbonyl (C=O) groups is 1. The van der Waals surface area contributed by atoms with E-state index < -0.39 is 10.8 Å². The highest BCUT2D eigenvalue weighted by Gasteiger charge is 2.19. The molecule has 1 atom stereocenters. The fourth-order valence-electron chi connectivity index (χ4n) is 0.849. The number of hydrogen-bond acceptors (Lipinski definition) is 1. The van der Waals surface area contributed by atoms with E-state index in [0.29, 0.717) is 10.6 Å². The van der Waals surface area contributed by atoms with Gasteiger partial charge in [0.1, 0.15) is 4.83 Å². The van der Waals surface area contributed by atoms with E-state index in [4.69, 9.17) is 28.3 Å². The largest absolute Gasteiger partial charge is 0.480 e. The van der Waals surface area contributed by atoms with Gasteiger partial charge in [0.15, 0.2) is 0 Å². The average Bonchev–Trinajstić information content (AvgIpc) is 2.08. The number of halogens is 3. The van der Waals surface area contributed by atoms with E-state index in [9.17, 15) is 4.79 Å². The number of hydrogen-bond donors (Lipinski definition) is 1. The Kier molecular flexibility index (Phi) is 3.59. The zero-order valence-electron chi connectivity index (χ0n) is 6.30. The minimum atomic E-state index is -0.996. The molecule has 1 aromatic carbocycles. The molecule has 0 aliphatic rings. The van der Waals surface area contributed by atoms with Gasteiger partial charge in [-0.2, -0.15) is 0 Å². The maximum absolute atomic E-state index is 10.6. The summed E-state index contributed by atoms with van der Waals surface area (Å²) in [5.41, 5.74) is 0.460. The van der Waals surface area contributed by atoms with Crippen molar-refractivity contribution in [3.63, 3.8) is 0 Å². The van der Waals surface area contributed by atoms with Crippen LogP contribution in [-0.2, 0) is 4.79 Å². The standard InChI is InChI=1S/C8H5BrCl2O2/c9-6(8(12)13)4-2-1-3-5(10)7(4)11/h1-3,6H,(H,12,13). The van der Waals surface area contributed by atoms with Crippen LogP contribution in [0.1, 0.15) is 10.4 Å². The molecular formula is C8H5BrCl2O2. The van der Waals surface area contributed by atoms with E-state index in [1.165, 1.54) is 0 Å². The minimum Gasteiger partial charge on any atom is -0.480 e. The predicted molar refractivity (Wildman–Crippen MR) is 55.8 cm³/mol. The molecule has 0 spiro atoms. The summed E-state index contributed by atoms with van der Waals surface area (Å²) in [6.45, 7) is 0. The minimum absolute atomic E-state index is 0.272. The second-order valence-electron chi connectivity index (χ2n) is 2.34. The Morgan fingerprint density at radius 2 is 2.08 bits per heavy atom. The van der Waals surface area contributed by atoms with Gasteiger partial charge in [-0.05, 0) is 11.6 Å². The third kappa shape index (κ3) is 2.36. The number of carboxylic acid groups (broad SMARTS) is 1. The van der Waals surface area contributed by atoms with Gasteiger partial charge < -0.3 is 5.11 Å². The Labute approximate surface area is 93.6 Å². The molecule has 0 heterocycles. The zero-order chi connectivity index (χ0) is 10.0. The fourth-order valence-corrected chi connectivity index (χ4v) is 1.78. The molecule has 1 rings (SSSR count). The molecule has 0 saturated heterocycles. The van der Waals surface area contributed by atoms with E-state index in [1.807, 2.05) is 0 Å². The van der Waals surface area contributed by atoms with Crippen molar-refractivity contribution in [2.75, 3.05) is 0 Å². The molecule has 0 fully saturated rings. The molecule has 5 heteroatoms. The number of rotatable bonds is 2. The Hall–Kier alpha value is -0.250. The molecule has 70 valence electrons. The summed E-state index contributed by atoms with van der Waals surface area (Å²) in [4.78, 5) is 9.79. The van der Waals surface area contributed by atoms with E-state index in [2.05, 4.69) is 15.9 Å². The van der Waals surface area contributed by atoms with Crippen LogP contribution < -0.4 is 0 Å². The van der Waals surface area contributed by atoms with Crippen LogP contribution in [0.15, 0.2) is 18.2 Å². The number of alkyl halides is 1. The summed E-state index contributed by atoms with van der Waals surface area (Å²) in [7, 11) is 0. The summed E-state index contributed by atoms with van der Waals surface area (Å²) < 4.78 is 0. The van der Waals surface area contributed by atoms with Gasteiger partial charge in [0.2, 0.25) is 0 Å². The van der Waals surface area contributed by atoms with Crippen LogP contribution in [0.25, 0.3) is 0 Å². The lowest BCUT2D eigenvalue weighted by Gasteiger charge is -2.07. The third-order valence-electron chi connectivity index (χ3n) is 1.47. The van der Waals surface area contributed by atoms with Crippen LogP contribution in [0.2, 0.25) is 10.0 Å². The van der Waals surface area contributed by atoms with Crippen molar-refractivity contribution >= 4 is 45.1 Å². The molecule has 13 heavy (non-hydrogen) atoms. The Balaban J connectivity index is 3.15. The van der Waals surface area contributed by atoms with Crippen LogP contribution in [0.4, 0.5) is 0 Å². The van der Waals surface area contributed by atoms with Gasteiger partial charge in [0.25, 0.3) is 0 Å². The quantitative estimate of drug-likeness (QED) is 0.844. The van der Waals surface area contributed by atoms with Crippen LogP contribution in [0, 0.1) is 0 Å². The highest BCUT2D eigenvalue weighted by Crippen LogP contribution is 2.33. The smallest absolute Gasteiger partial charge is 0.321 e. The van der Waals surface area contributed by atoms with Crippen molar-refractivity contribution in [3.8, 4) is 0 Å². The van der Waals surface area contributed by atoms with Crippen LogP contribution in [-0.4, -0.2) is 11.1 Å². The predicted octanol–water partition coefficient (Wildman–Crippen LogP) is 3.51. The first kappa shape index (κ1) is 10.8. The maximum Gasteiger partial charge on any atom is 0.321 e. The Morgan fingerprint density at radius 3 is 2.62 bits per heavy atom. The van der Waals surface area contributed by atoms with Crippen LogP contribution in [0.5, 0.6) is 0 Å². The Morgan fingerprint density at radius 1 is 1.46 bits per heavy atom. The van der Waals surface area contributed by atoms with Crippen molar-refractivity contribution in [2.45, 2.75) is 4.83 Å². The summed E-state index contributed by atoms with van der Waals surface area (Å²) in [5, 5.41) is 9.33. The lowest BCUT2D eigenvalue weighted by molar-refractivity contribution is -0.136. The molecule has 1 N–H and O–H groups in total. The third-order valence-corrected chi connectivity index (χ3v) is 3.19. The van der Waals surface area contributed by atoms with Crippen LogP contribution >= 0.6 is 39.1 Å². The van der Waals surface area contributed by atoms with Gasteiger partial charge in [-0.3, -0.25) is 4.79 Å². The highest BCUT2D eigenvalue weighted by molar-refractivity contribution is 9.09. The van der Waals surface area contributed by atoms with Gasteiger partial charge in [-0.1, -0.05) is 51.3 Å². The summed E-state index contributed by atoms with van der Waals surface area (Å²) in [6, 6.07) is 4.87.